The smallest absolute Gasteiger partial charge is 0.269 e. The molecule has 0 radical (unpaired) electrons. The fourth-order valence-electron chi connectivity index (χ4n) is 2.40. The fourth-order valence-corrected chi connectivity index (χ4v) is 2.40. The maximum absolute atomic E-state index is 10.6. The Bertz CT molecular complexity index is 415. The van der Waals surface area contributed by atoms with E-state index in [0.717, 1.165) is 18.7 Å². The van der Waals surface area contributed by atoms with Gasteiger partial charge < -0.3 is 6.15 Å². The summed E-state index contributed by atoms with van der Waals surface area (Å²) in [5.41, 5.74) is 1.56. The van der Waals surface area contributed by atoms with Crippen molar-refractivity contribution < 1.29 is 4.92 Å². The lowest BCUT2D eigenvalue weighted by Gasteiger charge is -2.31. The first-order valence-electron chi connectivity index (χ1n) is 5.97. The van der Waals surface area contributed by atoms with E-state index in [9.17, 15) is 10.1 Å². The topological polar surface area (TPSA) is 81.4 Å². The van der Waals surface area contributed by atoms with E-state index < -0.39 is 0 Å². The van der Waals surface area contributed by atoms with Crippen molar-refractivity contribution in [2.45, 2.75) is 38.8 Å². The number of likely N-dealkylation sites (tertiary alicyclic amines) is 1. The molecular weight excluding hydrogens is 230 g/mol. The summed E-state index contributed by atoms with van der Waals surface area (Å²) in [6, 6.07) is 6.87. The molecule has 1 aliphatic heterocycles. The molecule has 1 heterocycles. The molecule has 0 aromatic heterocycles. The molecule has 0 spiro atoms. The van der Waals surface area contributed by atoms with Crippen molar-refractivity contribution >= 4 is 5.69 Å². The highest BCUT2D eigenvalue weighted by Crippen LogP contribution is 2.29. The van der Waals surface area contributed by atoms with Crippen LogP contribution in [0.15, 0.2) is 24.3 Å². The van der Waals surface area contributed by atoms with E-state index in [2.05, 4.69) is 18.7 Å². The third-order valence-corrected chi connectivity index (χ3v) is 3.59. The van der Waals surface area contributed by atoms with Crippen molar-refractivity contribution in [1.82, 2.24) is 11.1 Å². The van der Waals surface area contributed by atoms with Crippen molar-refractivity contribution in [3.05, 3.63) is 39.9 Å². The van der Waals surface area contributed by atoms with Crippen molar-refractivity contribution in [2.75, 3.05) is 6.54 Å². The summed E-state index contributed by atoms with van der Waals surface area (Å²) in [5.74, 6) is 0. The third kappa shape index (κ3) is 3.05. The molecule has 5 heteroatoms. The van der Waals surface area contributed by atoms with Crippen molar-refractivity contribution in [3.8, 4) is 0 Å². The van der Waals surface area contributed by atoms with E-state index in [4.69, 9.17) is 0 Å². The van der Waals surface area contributed by atoms with Gasteiger partial charge in [-0.05, 0) is 38.8 Å². The minimum atomic E-state index is -0.358. The maximum atomic E-state index is 10.6. The highest BCUT2D eigenvalue weighted by molar-refractivity contribution is 5.32. The number of hydrogen-bond donors (Lipinski definition) is 1. The summed E-state index contributed by atoms with van der Waals surface area (Å²) < 4.78 is 0. The minimum absolute atomic E-state index is 0. The first-order valence-corrected chi connectivity index (χ1v) is 5.97. The number of nitro benzene ring substituents is 1. The van der Waals surface area contributed by atoms with E-state index in [1.807, 2.05) is 12.1 Å². The number of benzene rings is 1. The molecule has 0 unspecified atom stereocenters. The molecule has 5 nitrogen and oxygen atoms in total. The first kappa shape index (κ1) is 14.6. The van der Waals surface area contributed by atoms with E-state index in [1.165, 1.54) is 12.8 Å². The van der Waals surface area contributed by atoms with Crippen LogP contribution in [0.25, 0.3) is 0 Å². The fraction of sp³-hybridized carbons (Fsp3) is 0.538. The van der Waals surface area contributed by atoms with Crippen molar-refractivity contribution in [3.63, 3.8) is 0 Å². The summed E-state index contributed by atoms with van der Waals surface area (Å²) in [4.78, 5) is 12.6. The van der Waals surface area contributed by atoms with Gasteiger partial charge in [-0.25, -0.2) is 0 Å². The van der Waals surface area contributed by atoms with Crippen LogP contribution < -0.4 is 6.15 Å². The highest BCUT2D eigenvalue weighted by Gasteiger charge is 2.31. The predicted molar refractivity (Wildman–Crippen MR) is 71.8 cm³/mol. The minimum Gasteiger partial charge on any atom is -0.344 e. The SMILES string of the molecule is CC1(C)CCCN1Cc1ccc([N+](=O)[O-])cc1.N. The molecular formula is C13H21N3O2. The molecule has 0 saturated carbocycles. The van der Waals surface area contributed by atoms with Gasteiger partial charge in [0.15, 0.2) is 0 Å². The summed E-state index contributed by atoms with van der Waals surface area (Å²) in [6.07, 6.45) is 2.46. The average molecular weight is 251 g/mol. The van der Waals surface area contributed by atoms with Crippen molar-refractivity contribution in [2.24, 2.45) is 0 Å². The molecule has 0 bridgehead atoms. The van der Waals surface area contributed by atoms with Gasteiger partial charge in [-0.15, -0.1) is 0 Å². The van der Waals surface area contributed by atoms with Gasteiger partial charge in [-0.1, -0.05) is 12.1 Å². The molecule has 100 valence electrons. The average Bonchev–Trinajstić information content (AvgIpc) is 2.59. The van der Waals surface area contributed by atoms with Gasteiger partial charge in [-0.3, -0.25) is 15.0 Å². The summed E-state index contributed by atoms with van der Waals surface area (Å²) in [5, 5.41) is 10.6. The quantitative estimate of drug-likeness (QED) is 0.661. The molecule has 0 amide bonds. The van der Waals surface area contributed by atoms with Crippen LogP contribution in [0.1, 0.15) is 32.3 Å². The molecule has 2 rings (SSSR count). The monoisotopic (exact) mass is 251 g/mol. The lowest BCUT2D eigenvalue weighted by molar-refractivity contribution is -0.384. The summed E-state index contributed by atoms with van der Waals surface area (Å²) >= 11 is 0. The number of hydrogen-bond acceptors (Lipinski definition) is 4. The van der Waals surface area contributed by atoms with Crippen LogP contribution in [0.2, 0.25) is 0 Å². The molecule has 18 heavy (non-hydrogen) atoms. The Kier molecular flexibility index (Phi) is 4.43. The zero-order chi connectivity index (χ0) is 12.5. The Morgan fingerprint density at radius 2 is 1.94 bits per heavy atom. The van der Waals surface area contributed by atoms with Gasteiger partial charge in [0.25, 0.3) is 5.69 Å². The van der Waals surface area contributed by atoms with Gasteiger partial charge in [0.2, 0.25) is 0 Å². The molecule has 3 N–H and O–H groups in total. The molecule has 1 saturated heterocycles. The Balaban J connectivity index is 0.00000162. The molecule has 1 aromatic rings. The Morgan fingerprint density at radius 3 is 2.39 bits per heavy atom. The second-order valence-corrected chi connectivity index (χ2v) is 5.26. The normalized spacial score (nSPS) is 18.3. The number of nitro groups is 1. The standard InChI is InChI=1S/C13H18N2O2.H3N/c1-13(2)8-3-9-14(13)10-11-4-6-12(7-5-11)15(16)17;/h4-7H,3,8-10H2,1-2H3;1H3. The van der Waals surface area contributed by atoms with E-state index in [-0.39, 0.29) is 22.3 Å². The summed E-state index contributed by atoms with van der Waals surface area (Å²) in [7, 11) is 0. The van der Waals surface area contributed by atoms with E-state index in [0.29, 0.717) is 0 Å². The van der Waals surface area contributed by atoms with E-state index in [1.54, 1.807) is 12.1 Å². The predicted octanol–water partition coefficient (Wildman–Crippen LogP) is 3.13. The number of nitrogens with zero attached hydrogens (tertiary/aromatic N) is 2. The maximum Gasteiger partial charge on any atom is 0.269 e. The molecule has 1 aliphatic rings. The van der Waals surface area contributed by atoms with Crippen LogP contribution in [0.4, 0.5) is 5.69 Å². The van der Waals surface area contributed by atoms with Gasteiger partial charge in [0.1, 0.15) is 0 Å². The van der Waals surface area contributed by atoms with Gasteiger partial charge in [0, 0.05) is 24.2 Å². The van der Waals surface area contributed by atoms with Crippen LogP contribution in [-0.4, -0.2) is 21.9 Å². The van der Waals surface area contributed by atoms with Gasteiger partial charge in [-0.2, -0.15) is 0 Å². The zero-order valence-corrected chi connectivity index (χ0v) is 11.1. The lowest BCUT2D eigenvalue weighted by atomic mass is 10.0. The molecule has 0 aliphatic carbocycles. The number of rotatable bonds is 3. The van der Waals surface area contributed by atoms with Crippen molar-refractivity contribution in [1.29, 1.82) is 0 Å². The Hall–Kier alpha value is -1.46. The van der Waals surface area contributed by atoms with Crippen LogP contribution in [0.5, 0.6) is 0 Å². The molecule has 1 aromatic carbocycles. The first-order chi connectivity index (χ1) is 7.99. The molecule has 0 atom stereocenters. The Labute approximate surface area is 108 Å². The van der Waals surface area contributed by atoms with Crippen LogP contribution in [0, 0.1) is 10.1 Å². The van der Waals surface area contributed by atoms with E-state index >= 15 is 0 Å². The largest absolute Gasteiger partial charge is 0.344 e. The summed E-state index contributed by atoms with van der Waals surface area (Å²) in [6.45, 7) is 6.51. The number of non-ortho nitro benzene ring substituents is 1. The second kappa shape index (κ2) is 5.46. The lowest BCUT2D eigenvalue weighted by Crippen LogP contribution is -2.37. The van der Waals surface area contributed by atoms with Gasteiger partial charge in [0.05, 0.1) is 4.92 Å². The van der Waals surface area contributed by atoms with Crippen LogP contribution in [0.3, 0.4) is 0 Å². The third-order valence-electron chi connectivity index (χ3n) is 3.59. The second-order valence-electron chi connectivity index (χ2n) is 5.26. The highest BCUT2D eigenvalue weighted by atomic mass is 16.6. The van der Waals surface area contributed by atoms with Gasteiger partial charge >= 0.3 is 0 Å². The van der Waals surface area contributed by atoms with Crippen LogP contribution >= 0.6 is 0 Å². The molecule has 1 fully saturated rings. The zero-order valence-electron chi connectivity index (χ0n) is 11.1. The van der Waals surface area contributed by atoms with Crippen LogP contribution in [-0.2, 0) is 6.54 Å². The Morgan fingerprint density at radius 1 is 1.33 bits per heavy atom.